The maximum Gasteiger partial charge on any atom is 0.339 e. The van der Waals surface area contributed by atoms with E-state index in [1.807, 2.05) is 25.1 Å². The van der Waals surface area contributed by atoms with Gasteiger partial charge in [0.1, 0.15) is 0 Å². The van der Waals surface area contributed by atoms with Gasteiger partial charge in [0.25, 0.3) is 0 Å². The summed E-state index contributed by atoms with van der Waals surface area (Å²) in [4.78, 5) is 14.4. The van der Waals surface area contributed by atoms with Gasteiger partial charge in [0.2, 0.25) is 0 Å². The lowest BCUT2D eigenvalue weighted by molar-refractivity contribution is 0.0601. The number of rotatable bonds is 3. The maximum absolute atomic E-state index is 11.9. The molecule has 0 spiro atoms. The van der Waals surface area contributed by atoms with Crippen LogP contribution in [0.25, 0.3) is 0 Å². The summed E-state index contributed by atoms with van der Waals surface area (Å²) in [5, 5.41) is 3.58. The number of fused-ring (bicyclic) bond motifs is 3. The van der Waals surface area contributed by atoms with Gasteiger partial charge in [-0.1, -0.05) is 11.6 Å². The molecular formula is C16H22N2O2. The normalized spacial score (nSPS) is 28.2. The highest BCUT2D eigenvalue weighted by molar-refractivity contribution is 5.95. The van der Waals surface area contributed by atoms with E-state index in [1.54, 1.807) is 0 Å². The van der Waals surface area contributed by atoms with Gasteiger partial charge in [-0.25, -0.2) is 4.79 Å². The number of hydrogen-bond acceptors (Lipinski definition) is 4. The Kier molecular flexibility index (Phi) is 3.66. The lowest BCUT2D eigenvalue weighted by atomic mass is 9.84. The van der Waals surface area contributed by atoms with Gasteiger partial charge in [-0.3, -0.25) is 0 Å². The Balaban J connectivity index is 1.82. The lowest BCUT2D eigenvalue weighted by Gasteiger charge is -2.45. The van der Waals surface area contributed by atoms with Crippen LogP contribution in [0.4, 0.5) is 5.69 Å². The molecule has 1 aromatic carbocycles. The van der Waals surface area contributed by atoms with Crippen molar-refractivity contribution < 1.29 is 9.53 Å². The molecule has 4 nitrogen and oxygen atoms in total. The largest absolute Gasteiger partial charge is 0.465 e. The third kappa shape index (κ3) is 2.52. The fraction of sp³-hybridized carbons (Fsp3) is 0.562. The van der Waals surface area contributed by atoms with Crippen molar-refractivity contribution in [2.45, 2.75) is 25.8 Å². The number of carbonyl (C=O) groups is 1. The standard InChI is InChI=1S/C16H22N2O2/c1-11-3-4-14(13(9-11)16(19)20-2)17-15-10-18-7-5-12(15)6-8-18/h3-4,9,12,15,17H,5-8,10H2,1-2H3. The number of nitrogens with one attached hydrogen (secondary N) is 1. The number of benzene rings is 1. The van der Waals surface area contributed by atoms with Crippen LogP contribution in [0.15, 0.2) is 18.2 Å². The van der Waals surface area contributed by atoms with Crippen LogP contribution in [0, 0.1) is 12.8 Å². The number of aryl methyl sites for hydroxylation is 1. The predicted octanol–water partition coefficient (Wildman–Crippen LogP) is 2.29. The third-order valence-electron chi connectivity index (χ3n) is 4.58. The molecule has 1 aromatic rings. The number of esters is 1. The lowest BCUT2D eigenvalue weighted by Crippen LogP contribution is -2.53. The van der Waals surface area contributed by atoms with Crippen LogP contribution in [-0.2, 0) is 4.74 Å². The fourth-order valence-electron chi connectivity index (χ4n) is 3.39. The van der Waals surface area contributed by atoms with Gasteiger partial charge in [-0.2, -0.15) is 0 Å². The molecule has 4 rings (SSSR count). The zero-order chi connectivity index (χ0) is 14.1. The SMILES string of the molecule is COC(=O)c1cc(C)ccc1NC1CN2CCC1CC2. The van der Waals surface area contributed by atoms with Crippen molar-refractivity contribution in [1.82, 2.24) is 4.90 Å². The monoisotopic (exact) mass is 274 g/mol. The van der Waals surface area contributed by atoms with Gasteiger partial charge in [0.05, 0.1) is 12.7 Å². The first kappa shape index (κ1) is 13.4. The maximum atomic E-state index is 11.9. The van der Waals surface area contributed by atoms with E-state index >= 15 is 0 Å². The summed E-state index contributed by atoms with van der Waals surface area (Å²) in [6, 6.07) is 6.38. The first-order chi connectivity index (χ1) is 9.67. The molecule has 3 aliphatic rings. The van der Waals surface area contributed by atoms with Crippen molar-refractivity contribution in [3.8, 4) is 0 Å². The summed E-state index contributed by atoms with van der Waals surface area (Å²) >= 11 is 0. The summed E-state index contributed by atoms with van der Waals surface area (Å²) in [6.45, 7) is 5.52. The zero-order valence-electron chi connectivity index (χ0n) is 12.2. The van der Waals surface area contributed by atoms with Gasteiger partial charge >= 0.3 is 5.97 Å². The molecule has 3 heterocycles. The van der Waals surface area contributed by atoms with Gasteiger partial charge in [0.15, 0.2) is 0 Å². The molecule has 3 saturated heterocycles. The molecule has 0 aliphatic carbocycles. The smallest absolute Gasteiger partial charge is 0.339 e. The Morgan fingerprint density at radius 1 is 1.35 bits per heavy atom. The van der Waals surface area contributed by atoms with Crippen LogP contribution >= 0.6 is 0 Å². The molecule has 2 bridgehead atoms. The van der Waals surface area contributed by atoms with Crippen molar-refractivity contribution >= 4 is 11.7 Å². The van der Waals surface area contributed by atoms with E-state index in [0.717, 1.165) is 23.7 Å². The highest BCUT2D eigenvalue weighted by atomic mass is 16.5. The molecule has 1 N–H and O–H groups in total. The molecule has 3 aliphatic heterocycles. The molecule has 1 atom stereocenters. The second-order valence-electron chi connectivity index (χ2n) is 5.93. The first-order valence-electron chi connectivity index (χ1n) is 7.35. The van der Waals surface area contributed by atoms with Gasteiger partial charge in [-0.05, 0) is 50.9 Å². The van der Waals surface area contributed by atoms with Crippen LogP contribution in [0.5, 0.6) is 0 Å². The summed E-state index contributed by atoms with van der Waals surface area (Å²) in [5.74, 6) is 0.462. The second kappa shape index (κ2) is 5.44. The van der Waals surface area contributed by atoms with Gasteiger partial charge in [0, 0.05) is 18.3 Å². The van der Waals surface area contributed by atoms with E-state index in [-0.39, 0.29) is 5.97 Å². The number of hydrogen-bond donors (Lipinski definition) is 1. The number of anilines is 1. The van der Waals surface area contributed by atoms with Gasteiger partial charge < -0.3 is 15.0 Å². The molecule has 0 radical (unpaired) electrons. The van der Waals surface area contributed by atoms with Crippen molar-refractivity contribution in [3.05, 3.63) is 29.3 Å². The zero-order valence-corrected chi connectivity index (χ0v) is 12.2. The Hall–Kier alpha value is -1.55. The van der Waals surface area contributed by atoms with E-state index in [9.17, 15) is 4.79 Å². The Labute approximate surface area is 120 Å². The topological polar surface area (TPSA) is 41.6 Å². The molecule has 108 valence electrons. The number of carbonyl (C=O) groups excluding carboxylic acids is 1. The van der Waals surface area contributed by atoms with Crippen molar-refractivity contribution in [1.29, 1.82) is 0 Å². The number of methoxy groups -OCH3 is 1. The average Bonchev–Trinajstić information content (AvgIpc) is 2.49. The van der Waals surface area contributed by atoms with E-state index in [2.05, 4.69) is 10.2 Å². The molecule has 0 amide bonds. The quantitative estimate of drug-likeness (QED) is 0.859. The summed E-state index contributed by atoms with van der Waals surface area (Å²) in [6.07, 6.45) is 2.52. The van der Waals surface area contributed by atoms with Crippen molar-refractivity contribution in [2.24, 2.45) is 5.92 Å². The number of nitrogens with zero attached hydrogens (tertiary/aromatic N) is 1. The number of piperidine rings is 3. The van der Waals surface area contributed by atoms with E-state index in [0.29, 0.717) is 11.6 Å². The van der Waals surface area contributed by atoms with Crippen LogP contribution in [0.3, 0.4) is 0 Å². The van der Waals surface area contributed by atoms with Crippen LogP contribution in [0.1, 0.15) is 28.8 Å². The Morgan fingerprint density at radius 2 is 2.10 bits per heavy atom. The van der Waals surface area contributed by atoms with E-state index < -0.39 is 0 Å². The first-order valence-corrected chi connectivity index (χ1v) is 7.35. The average molecular weight is 274 g/mol. The summed E-state index contributed by atoms with van der Waals surface area (Å²) < 4.78 is 4.89. The predicted molar refractivity (Wildman–Crippen MR) is 79.1 cm³/mol. The van der Waals surface area contributed by atoms with Crippen molar-refractivity contribution in [2.75, 3.05) is 32.1 Å². The summed E-state index contributed by atoms with van der Waals surface area (Å²) in [5.41, 5.74) is 2.62. The second-order valence-corrected chi connectivity index (χ2v) is 5.93. The number of ether oxygens (including phenoxy) is 1. The minimum atomic E-state index is -0.266. The van der Waals surface area contributed by atoms with E-state index in [1.165, 1.54) is 33.0 Å². The minimum absolute atomic E-state index is 0.266. The Morgan fingerprint density at radius 3 is 2.70 bits per heavy atom. The van der Waals surface area contributed by atoms with Crippen molar-refractivity contribution in [3.63, 3.8) is 0 Å². The molecular weight excluding hydrogens is 252 g/mol. The minimum Gasteiger partial charge on any atom is -0.465 e. The fourth-order valence-corrected chi connectivity index (χ4v) is 3.39. The molecule has 1 unspecified atom stereocenters. The highest BCUT2D eigenvalue weighted by Crippen LogP contribution is 2.31. The van der Waals surface area contributed by atoms with Gasteiger partial charge in [-0.15, -0.1) is 0 Å². The highest BCUT2D eigenvalue weighted by Gasteiger charge is 2.34. The molecule has 20 heavy (non-hydrogen) atoms. The third-order valence-corrected chi connectivity index (χ3v) is 4.58. The molecule has 0 aromatic heterocycles. The van der Waals surface area contributed by atoms with E-state index in [4.69, 9.17) is 4.74 Å². The molecule has 4 heteroatoms. The van der Waals surface area contributed by atoms with Crippen LogP contribution < -0.4 is 5.32 Å². The molecule has 0 saturated carbocycles. The Bertz CT molecular complexity index is 507. The molecule has 3 fully saturated rings. The van der Waals surface area contributed by atoms with Crippen LogP contribution in [-0.4, -0.2) is 43.7 Å². The van der Waals surface area contributed by atoms with Crippen LogP contribution in [0.2, 0.25) is 0 Å². The summed E-state index contributed by atoms with van der Waals surface area (Å²) in [7, 11) is 1.43.